The Kier molecular flexibility index (Phi) is 4.74. The highest BCUT2D eigenvalue weighted by atomic mass is 35.5. The molecule has 0 unspecified atom stereocenters. The van der Waals surface area contributed by atoms with Gasteiger partial charge < -0.3 is 5.11 Å². The summed E-state index contributed by atoms with van der Waals surface area (Å²) >= 11 is 6.23. The zero-order valence-corrected chi connectivity index (χ0v) is 17.6. The lowest BCUT2D eigenvalue weighted by Crippen LogP contribution is -2.42. The van der Waals surface area contributed by atoms with Crippen molar-refractivity contribution in [1.29, 1.82) is 0 Å². The number of hydrogen-bond acceptors (Lipinski definition) is 3. The highest BCUT2D eigenvalue weighted by Crippen LogP contribution is 2.60. The summed E-state index contributed by atoms with van der Waals surface area (Å²) in [5.74, 6) is 2.42. The lowest BCUT2D eigenvalue weighted by molar-refractivity contribution is 0.0955. The first-order valence-electron chi connectivity index (χ1n) is 10.7. The van der Waals surface area contributed by atoms with Crippen molar-refractivity contribution in [2.75, 3.05) is 0 Å². The molecule has 4 heteroatoms. The molecule has 2 aromatic rings. The summed E-state index contributed by atoms with van der Waals surface area (Å²) in [6.07, 6.45) is 8.70. The maximum atomic E-state index is 9.85. The van der Waals surface area contributed by atoms with Crippen LogP contribution >= 0.6 is 11.6 Å². The van der Waals surface area contributed by atoms with Gasteiger partial charge in [0.15, 0.2) is 0 Å². The number of nitrogens with zero attached hydrogens (tertiary/aromatic N) is 2. The highest BCUT2D eigenvalue weighted by molar-refractivity contribution is 6.33. The number of phenols is 1. The lowest BCUT2D eigenvalue weighted by atomic mass is 9.55. The minimum Gasteiger partial charge on any atom is -0.508 e. The molecule has 0 spiro atoms. The zero-order chi connectivity index (χ0) is 20.0. The van der Waals surface area contributed by atoms with Crippen molar-refractivity contribution in [2.24, 2.45) is 27.5 Å². The summed E-state index contributed by atoms with van der Waals surface area (Å²) in [6.45, 7) is 2.41. The van der Waals surface area contributed by atoms with Crippen molar-refractivity contribution >= 4 is 23.5 Å². The third kappa shape index (κ3) is 3.20. The molecule has 4 atom stereocenters. The van der Waals surface area contributed by atoms with Gasteiger partial charge in [0.25, 0.3) is 0 Å². The lowest BCUT2D eigenvalue weighted by Gasteiger charge is -2.49. The van der Waals surface area contributed by atoms with Gasteiger partial charge in [0.2, 0.25) is 0 Å². The summed E-state index contributed by atoms with van der Waals surface area (Å²) in [5.41, 5.74) is 5.16. The van der Waals surface area contributed by atoms with E-state index in [1.165, 1.54) is 42.5 Å². The van der Waals surface area contributed by atoms with Crippen LogP contribution in [0.15, 0.2) is 52.7 Å². The van der Waals surface area contributed by atoms with Gasteiger partial charge in [-0.2, -0.15) is 10.2 Å². The molecule has 2 fully saturated rings. The van der Waals surface area contributed by atoms with Gasteiger partial charge in [-0.15, -0.1) is 0 Å². The minimum absolute atomic E-state index is 0.160. The molecule has 0 bridgehead atoms. The van der Waals surface area contributed by atoms with Gasteiger partial charge in [-0.05, 0) is 85.6 Å². The number of phenolic OH excluding ortho intramolecular Hbond substituents is 1. The fourth-order valence-corrected chi connectivity index (χ4v) is 6.45. The largest absolute Gasteiger partial charge is 0.508 e. The van der Waals surface area contributed by atoms with Crippen LogP contribution in [0.2, 0.25) is 5.02 Å². The Bertz CT molecular complexity index is 998. The summed E-state index contributed by atoms with van der Waals surface area (Å²) in [6, 6.07) is 13.7. The van der Waals surface area contributed by atoms with E-state index < -0.39 is 0 Å². The summed E-state index contributed by atoms with van der Waals surface area (Å²) in [4.78, 5) is 0. The van der Waals surface area contributed by atoms with Crippen LogP contribution in [0, 0.1) is 17.3 Å². The molecular weight excluding hydrogens is 380 g/mol. The number of halogens is 1. The van der Waals surface area contributed by atoms with Crippen LogP contribution in [0.5, 0.6) is 5.75 Å². The molecule has 150 valence electrons. The fourth-order valence-electron chi connectivity index (χ4n) is 6.26. The fraction of sp³-hybridized carbons (Fsp3) is 0.440. The third-order valence-corrected chi connectivity index (χ3v) is 8.08. The second-order valence-electron chi connectivity index (χ2n) is 9.11. The van der Waals surface area contributed by atoms with E-state index in [2.05, 4.69) is 18.1 Å². The first-order chi connectivity index (χ1) is 14.1. The second kappa shape index (κ2) is 7.28. The van der Waals surface area contributed by atoms with Crippen LogP contribution in [0.4, 0.5) is 0 Å². The number of fused-ring (bicyclic) bond motifs is 5. The molecule has 0 amide bonds. The normalized spacial score (nSPS) is 32.2. The van der Waals surface area contributed by atoms with Crippen LogP contribution in [-0.2, 0) is 6.42 Å². The Labute approximate surface area is 177 Å². The van der Waals surface area contributed by atoms with Crippen LogP contribution < -0.4 is 0 Å². The molecular formula is C25H27ClN2O. The number of hydrogen-bond donors (Lipinski definition) is 1. The molecule has 3 aliphatic carbocycles. The first kappa shape index (κ1) is 18.9. The maximum Gasteiger partial charge on any atom is 0.115 e. The molecule has 3 aliphatic rings. The van der Waals surface area contributed by atoms with Crippen molar-refractivity contribution in [3.63, 3.8) is 0 Å². The minimum atomic E-state index is 0.160. The molecule has 0 saturated heterocycles. The monoisotopic (exact) mass is 406 g/mol. The van der Waals surface area contributed by atoms with E-state index in [-0.39, 0.29) is 5.41 Å². The summed E-state index contributed by atoms with van der Waals surface area (Å²) in [7, 11) is 0. The molecule has 2 saturated carbocycles. The molecule has 2 aromatic carbocycles. The van der Waals surface area contributed by atoms with E-state index in [1.54, 1.807) is 6.21 Å². The molecule has 3 nitrogen and oxygen atoms in total. The van der Waals surface area contributed by atoms with Crippen LogP contribution in [0.1, 0.15) is 61.6 Å². The number of aryl methyl sites for hydroxylation is 1. The van der Waals surface area contributed by atoms with E-state index in [0.29, 0.717) is 28.5 Å². The van der Waals surface area contributed by atoms with Crippen molar-refractivity contribution in [1.82, 2.24) is 0 Å². The van der Waals surface area contributed by atoms with Gasteiger partial charge in [-0.1, -0.05) is 42.8 Å². The molecule has 0 heterocycles. The SMILES string of the molecule is C[C@]12CC[C@@H]3c4ccc(O)cc4CC[C@H]3[C@@H]1CC/C2=N/N=C\c1ccccc1Cl. The van der Waals surface area contributed by atoms with Gasteiger partial charge in [0, 0.05) is 21.7 Å². The van der Waals surface area contributed by atoms with E-state index in [0.717, 1.165) is 18.4 Å². The standard InChI is InChI=1S/C25H27ClN2O/c1-25-13-12-20-19-9-7-18(29)14-16(19)6-8-21(20)22(25)10-11-24(25)28-27-15-17-4-2-3-5-23(17)26/h2-5,7,9,14-15,20-22,29H,6,8,10-13H2,1H3/b27-15-,28-24-/t20-,21-,22+,25+/m1/s1. The van der Waals surface area contributed by atoms with E-state index in [1.807, 2.05) is 36.4 Å². The maximum absolute atomic E-state index is 9.85. The van der Waals surface area contributed by atoms with Gasteiger partial charge in [-0.25, -0.2) is 0 Å². The van der Waals surface area contributed by atoms with Crippen LogP contribution in [0.3, 0.4) is 0 Å². The molecule has 5 rings (SSSR count). The Morgan fingerprint density at radius 2 is 1.97 bits per heavy atom. The average Bonchev–Trinajstić information content (AvgIpc) is 3.05. The van der Waals surface area contributed by atoms with Gasteiger partial charge in [0.1, 0.15) is 5.75 Å². The van der Waals surface area contributed by atoms with Gasteiger partial charge >= 0.3 is 0 Å². The van der Waals surface area contributed by atoms with Crippen LogP contribution in [-0.4, -0.2) is 17.0 Å². The van der Waals surface area contributed by atoms with E-state index >= 15 is 0 Å². The topological polar surface area (TPSA) is 45.0 Å². The van der Waals surface area contributed by atoms with E-state index in [9.17, 15) is 5.11 Å². The summed E-state index contributed by atoms with van der Waals surface area (Å²) < 4.78 is 0. The molecule has 1 N–H and O–H groups in total. The van der Waals surface area contributed by atoms with Crippen LogP contribution in [0.25, 0.3) is 0 Å². The summed E-state index contributed by atoms with van der Waals surface area (Å²) in [5, 5.41) is 19.7. The van der Waals surface area contributed by atoms with Gasteiger partial charge in [0.05, 0.1) is 6.21 Å². The van der Waals surface area contributed by atoms with Crippen molar-refractivity contribution in [2.45, 2.75) is 51.4 Å². The zero-order valence-electron chi connectivity index (χ0n) is 16.8. The molecule has 0 aliphatic heterocycles. The third-order valence-electron chi connectivity index (χ3n) is 7.73. The second-order valence-corrected chi connectivity index (χ2v) is 9.51. The number of rotatable bonds is 2. The Hall–Kier alpha value is -2.13. The molecule has 0 radical (unpaired) electrons. The number of aromatic hydroxyl groups is 1. The molecule has 29 heavy (non-hydrogen) atoms. The van der Waals surface area contributed by atoms with Crippen molar-refractivity contribution < 1.29 is 5.11 Å². The Morgan fingerprint density at radius 1 is 1.10 bits per heavy atom. The number of benzene rings is 2. The highest BCUT2D eigenvalue weighted by Gasteiger charge is 2.53. The van der Waals surface area contributed by atoms with Crippen molar-refractivity contribution in [3.8, 4) is 5.75 Å². The smallest absolute Gasteiger partial charge is 0.115 e. The molecule has 0 aromatic heterocycles. The predicted molar refractivity (Wildman–Crippen MR) is 119 cm³/mol. The first-order valence-corrected chi connectivity index (χ1v) is 11.1. The predicted octanol–water partition coefficient (Wildman–Crippen LogP) is 6.38. The van der Waals surface area contributed by atoms with Gasteiger partial charge in [-0.3, -0.25) is 0 Å². The Balaban J connectivity index is 1.39. The quantitative estimate of drug-likeness (QED) is 0.456. The average molecular weight is 407 g/mol. The Morgan fingerprint density at radius 3 is 2.83 bits per heavy atom. The van der Waals surface area contributed by atoms with Crippen molar-refractivity contribution in [3.05, 3.63) is 64.2 Å². The van der Waals surface area contributed by atoms with E-state index in [4.69, 9.17) is 16.7 Å².